The number of carbonyl (C=O) groups is 1. The summed E-state index contributed by atoms with van der Waals surface area (Å²) in [6.07, 6.45) is 0. The van der Waals surface area contributed by atoms with Crippen molar-refractivity contribution < 1.29 is 22.1 Å². The Morgan fingerprint density at radius 1 is 1.14 bits per heavy atom. The van der Waals surface area contributed by atoms with Crippen molar-refractivity contribution in [1.29, 1.82) is 0 Å². The summed E-state index contributed by atoms with van der Waals surface area (Å²) in [4.78, 5) is 14.5. The largest absolute Gasteiger partial charge is 0.493 e. The number of anilines is 1. The van der Waals surface area contributed by atoms with Crippen molar-refractivity contribution in [3.63, 3.8) is 0 Å². The number of carbonyl (C=O) groups excluding carboxylic acids is 1. The molecule has 0 fully saturated rings. The summed E-state index contributed by atoms with van der Waals surface area (Å²) in [5.41, 5.74) is 2.49. The third-order valence-electron chi connectivity index (χ3n) is 4.30. The topological polar surface area (TPSA) is 84.9 Å². The van der Waals surface area contributed by atoms with Gasteiger partial charge in [0.2, 0.25) is 0 Å². The molecule has 7 nitrogen and oxygen atoms in total. The normalized spacial score (nSPS) is 11.2. The minimum Gasteiger partial charge on any atom is -0.493 e. The number of aryl methyl sites for hydroxylation is 1. The molecular formula is C21H28N2O5S. The quantitative estimate of drug-likeness (QED) is 0.648. The Balaban J connectivity index is 2.24. The fraction of sp³-hybridized carbons (Fsp3) is 0.381. The molecule has 0 aliphatic carbocycles. The van der Waals surface area contributed by atoms with Crippen molar-refractivity contribution >= 4 is 21.8 Å². The summed E-state index contributed by atoms with van der Waals surface area (Å²) in [7, 11) is -2.26. The molecule has 0 unspecified atom stereocenters. The van der Waals surface area contributed by atoms with Crippen LogP contribution >= 0.6 is 0 Å². The zero-order chi connectivity index (χ0) is 21.6. The Morgan fingerprint density at radius 2 is 1.86 bits per heavy atom. The summed E-state index contributed by atoms with van der Waals surface area (Å²) in [6, 6.07) is 12.2. The van der Waals surface area contributed by atoms with E-state index in [0.29, 0.717) is 11.4 Å². The van der Waals surface area contributed by atoms with Crippen LogP contribution in [0, 0.1) is 6.92 Å². The van der Waals surface area contributed by atoms with Gasteiger partial charge in [-0.1, -0.05) is 18.2 Å². The minimum absolute atomic E-state index is 0.0781. The Kier molecular flexibility index (Phi) is 7.50. The molecule has 29 heavy (non-hydrogen) atoms. The van der Waals surface area contributed by atoms with Crippen LogP contribution in [-0.2, 0) is 16.7 Å². The second-order valence-corrected chi connectivity index (χ2v) is 8.80. The molecule has 8 heteroatoms. The highest BCUT2D eigenvalue weighted by Crippen LogP contribution is 2.30. The first kappa shape index (κ1) is 22.5. The molecule has 2 rings (SSSR count). The summed E-state index contributed by atoms with van der Waals surface area (Å²) in [6.45, 7) is 7.57. The van der Waals surface area contributed by atoms with Crippen LogP contribution in [-0.4, -0.2) is 38.3 Å². The molecule has 0 spiro atoms. The highest BCUT2D eigenvalue weighted by Gasteiger charge is 2.20. The summed E-state index contributed by atoms with van der Waals surface area (Å²) in [5, 5.41) is 2.90. The Hall–Kier alpha value is -2.74. The van der Waals surface area contributed by atoms with Crippen molar-refractivity contribution in [1.82, 2.24) is 4.90 Å². The van der Waals surface area contributed by atoms with Gasteiger partial charge in [0.15, 0.2) is 11.5 Å². The molecule has 0 aliphatic heterocycles. The number of nitrogens with zero attached hydrogens (tertiary/aromatic N) is 1. The molecule has 1 N–H and O–H groups in total. The number of methoxy groups -OCH3 is 1. The van der Waals surface area contributed by atoms with Crippen LogP contribution in [0.1, 0.15) is 31.9 Å². The summed E-state index contributed by atoms with van der Waals surface area (Å²) in [5.74, 6) is 0.262. The third-order valence-corrected chi connectivity index (χ3v) is 5.45. The van der Waals surface area contributed by atoms with Gasteiger partial charge >= 0.3 is 16.1 Å². The molecule has 2 aromatic carbocycles. The molecule has 0 aliphatic rings. The standard InChI is InChI=1S/C21H28N2O5S/c1-6-29(25,26)28-20-13-17(10-11-19(20)27-5)14-23(15(2)3)21(24)22-18-9-7-8-16(4)12-18/h7-13,15H,6,14H2,1-5H3,(H,22,24). The van der Waals surface area contributed by atoms with Crippen LogP contribution in [0.15, 0.2) is 42.5 Å². The van der Waals surface area contributed by atoms with Gasteiger partial charge in [0, 0.05) is 18.3 Å². The number of urea groups is 1. The minimum atomic E-state index is -3.70. The lowest BCUT2D eigenvalue weighted by Crippen LogP contribution is -2.39. The second-order valence-electron chi connectivity index (χ2n) is 6.94. The highest BCUT2D eigenvalue weighted by atomic mass is 32.2. The first-order valence-electron chi connectivity index (χ1n) is 9.38. The average Bonchev–Trinajstić information content (AvgIpc) is 2.65. The van der Waals surface area contributed by atoms with Gasteiger partial charge in [0.1, 0.15) is 0 Å². The molecule has 158 valence electrons. The summed E-state index contributed by atoms with van der Waals surface area (Å²) >= 11 is 0. The molecular weight excluding hydrogens is 392 g/mol. The maximum Gasteiger partial charge on any atom is 0.322 e. The predicted molar refractivity (Wildman–Crippen MR) is 114 cm³/mol. The molecule has 0 heterocycles. The van der Waals surface area contributed by atoms with Crippen LogP contribution < -0.4 is 14.2 Å². The van der Waals surface area contributed by atoms with E-state index in [2.05, 4.69) is 5.32 Å². The van der Waals surface area contributed by atoms with E-state index in [0.717, 1.165) is 11.1 Å². The van der Waals surface area contributed by atoms with Crippen LogP contribution in [0.2, 0.25) is 0 Å². The van der Waals surface area contributed by atoms with Gasteiger partial charge in [-0.25, -0.2) is 4.79 Å². The molecule has 0 saturated carbocycles. The van der Waals surface area contributed by atoms with Crippen LogP contribution in [0.5, 0.6) is 11.5 Å². The molecule has 0 saturated heterocycles. The molecule has 0 atom stereocenters. The van der Waals surface area contributed by atoms with E-state index in [-0.39, 0.29) is 30.1 Å². The smallest absolute Gasteiger partial charge is 0.322 e. The number of amides is 2. The number of hydrogen-bond donors (Lipinski definition) is 1. The van der Waals surface area contributed by atoms with Crippen molar-refractivity contribution in [3.8, 4) is 11.5 Å². The van der Waals surface area contributed by atoms with E-state index >= 15 is 0 Å². The first-order valence-corrected chi connectivity index (χ1v) is 11.0. The van der Waals surface area contributed by atoms with Crippen molar-refractivity contribution in [2.24, 2.45) is 0 Å². The maximum atomic E-state index is 12.8. The van der Waals surface area contributed by atoms with Gasteiger partial charge in [-0.05, 0) is 63.1 Å². The lowest BCUT2D eigenvalue weighted by molar-refractivity contribution is 0.193. The molecule has 0 radical (unpaired) electrons. The van der Waals surface area contributed by atoms with Crippen molar-refractivity contribution in [2.75, 3.05) is 18.2 Å². The van der Waals surface area contributed by atoms with Gasteiger partial charge < -0.3 is 19.1 Å². The molecule has 0 aromatic heterocycles. The molecule has 0 bridgehead atoms. The Labute approximate surface area is 172 Å². The number of nitrogens with one attached hydrogen (secondary N) is 1. The van der Waals surface area contributed by atoms with E-state index < -0.39 is 10.1 Å². The number of benzene rings is 2. The first-order chi connectivity index (χ1) is 13.6. The summed E-state index contributed by atoms with van der Waals surface area (Å²) < 4.78 is 34.1. The van der Waals surface area contributed by atoms with Crippen LogP contribution in [0.3, 0.4) is 0 Å². The lowest BCUT2D eigenvalue weighted by atomic mass is 10.1. The average molecular weight is 421 g/mol. The zero-order valence-corrected chi connectivity index (χ0v) is 18.2. The second kappa shape index (κ2) is 9.65. The number of rotatable bonds is 8. The van der Waals surface area contributed by atoms with Crippen LogP contribution in [0.4, 0.5) is 10.5 Å². The monoisotopic (exact) mass is 420 g/mol. The van der Waals surface area contributed by atoms with Crippen molar-refractivity contribution in [2.45, 2.75) is 40.3 Å². The molecule has 2 amide bonds. The maximum absolute atomic E-state index is 12.8. The van der Waals surface area contributed by atoms with Gasteiger partial charge in [-0.2, -0.15) is 8.42 Å². The Morgan fingerprint density at radius 3 is 2.45 bits per heavy atom. The van der Waals surface area contributed by atoms with Crippen LogP contribution in [0.25, 0.3) is 0 Å². The fourth-order valence-corrected chi connectivity index (χ4v) is 3.21. The molecule has 2 aromatic rings. The van der Waals surface area contributed by atoms with E-state index in [1.54, 1.807) is 23.1 Å². The van der Waals surface area contributed by atoms with E-state index in [9.17, 15) is 13.2 Å². The zero-order valence-electron chi connectivity index (χ0n) is 17.4. The number of hydrogen-bond acceptors (Lipinski definition) is 5. The fourth-order valence-electron chi connectivity index (χ4n) is 2.68. The van der Waals surface area contributed by atoms with E-state index in [1.165, 1.54) is 14.0 Å². The third kappa shape index (κ3) is 6.39. The predicted octanol–water partition coefficient (Wildman–Crippen LogP) is 4.17. The van der Waals surface area contributed by atoms with Gasteiger partial charge in [0.05, 0.1) is 12.9 Å². The van der Waals surface area contributed by atoms with Gasteiger partial charge in [-0.3, -0.25) is 0 Å². The highest BCUT2D eigenvalue weighted by molar-refractivity contribution is 7.87. The van der Waals surface area contributed by atoms with Crippen molar-refractivity contribution in [3.05, 3.63) is 53.6 Å². The SMILES string of the molecule is CCS(=O)(=O)Oc1cc(CN(C(=O)Nc2cccc(C)c2)C(C)C)ccc1OC. The Bertz CT molecular complexity index is 957. The van der Waals surface area contributed by atoms with Gasteiger partial charge in [0.25, 0.3) is 0 Å². The van der Waals surface area contributed by atoms with Gasteiger partial charge in [-0.15, -0.1) is 0 Å². The van der Waals surface area contributed by atoms with E-state index in [4.69, 9.17) is 8.92 Å². The van der Waals surface area contributed by atoms with E-state index in [1.807, 2.05) is 45.0 Å². The number of ether oxygens (including phenoxy) is 1. The lowest BCUT2D eigenvalue weighted by Gasteiger charge is -2.27.